The quantitative estimate of drug-likeness (QED) is 0.851. The van der Waals surface area contributed by atoms with Gasteiger partial charge in [0, 0.05) is 30.0 Å². The molecule has 0 amide bonds. The van der Waals surface area contributed by atoms with Gasteiger partial charge in [0.25, 0.3) is 0 Å². The molecule has 0 saturated heterocycles. The number of nitriles is 1. The Labute approximate surface area is 117 Å². The van der Waals surface area contributed by atoms with Crippen LogP contribution in [0.4, 0.5) is 15.8 Å². The molecule has 1 heterocycles. The molecule has 0 radical (unpaired) electrons. The highest BCUT2D eigenvalue weighted by Crippen LogP contribution is 2.33. The van der Waals surface area contributed by atoms with Crippen LogP contribution < -0.4 is 10.6 Å². The zero-order valence-corrected chi connectivity index (χ0v) is 10.9. The Morgan fingerprint density at radius 2 is 2.15 bits per heavy atom. The summed E-state index contributed by atoms with van der Waals surface area (Å²) in [4.78, 5) is 2.14. The molecular weight excluding hydrogens is 253 g/mol. The van der Waals surface area contributed by atoms with Gasteiger partial charge in [0.05, 0.1) is 11.6 Å². The Balaban J connectivity index is 1.94. The second kappa shape index (κ2) is 4.86. The summed E-state index contributed by atoms with van der Waals surface area (Å²) in [5.74, 6) is -0.314. The molecule has 0 unspecified atom stereocenters. The second-order valence-corrected chi connectivity index (χ2v) is 4.93. The maximum absolute atomic E-state index is 13.4. The number of benzene rings is 2. The van der Waals surface area contributed by atoms with Crippen LogP contribution in [0.5, 0.6) is 0 Å². The van der Waals surface area contributed by atoms with Crippen molar-refractivity contribution in [3.05, 3.63) is 58.9 Å². The minimum Gasteiger partial charge on any atom is -0.398 e. The molecule has 0 atom stereocenters. The molecule has 2 N–H and O–H groups in total. The van der Waals surface area contributed by atoms with Gasteiger partial charge in [-0.1, -0.05) is 6.07 Å². The van der Waals surface area contributed by atoms with Crippen LogP contribution in [0.1, 0.15) is 16.7 Å². The number of nitrogens with zero attached hydrogens (tertiary/aromatic N) is 2. The summed E-state index contributed by atoms with van der Waals surface area (Å²) >= 11 is 0. The summed E-state index contributed by atoms with van der Waals surface area (Å²) in [5, 5.41) is 9.11. The summed E-state index contributed by atoms with van der Waals surface area (Å²) in [7, 11) is 0. The molecule has 0 spiro atoms. The van der Waals surface area contributed by atoms with Crippen LogP contribution in [0.25, 0.3) is 0 Å². The minimum atomic E-state index is -0.314. The minimum absolute atomic E-state index is 0.314. The smallest absolute Gasteiger partial charge is 0.123 e. The van der Waals surface area contributed by atoms with Crippen molar-refractivity contribution < 1.29 is 4.39 Å². The molecule has 2 aromatic carbocycles. The summed E-state index contributed by atoms with van der Waals surface area (Å²) in [6.07, 6.45) is 0.888. The van der Waals surface area contributed by atoms with Gasteiger partial charge in [-0.3, -0.25) is 0 Å². The van der Waals surface area contributed by atoms with Crippen LogP contribution >= 0.6 is 0 Å². The topological polar surface area (TPSA) is 53.0 Å². The first kappa shape index (κ1) is 12.5. The number of hydrogen-bond acceptors (Lipinski definition) is 3. The molecule has 0 saturated carbocycles. The lowest BCUT2D eigenvalue weighted by Gasteiger charge is -2.20. The molecule has 3 nitrogen and oxygen atoms in total. The van der Waals surface area contributed by atoms with Crippen LogP contribution in [0, 0.1) is 17.1 Å². The molecule has 1 aliphatic rings. The van der Waals surface area contributed by atoms with Crippen molar-refractivity contribution in [1.82, 2.24) is 0 Å². The van der Waals surface area contributed by atoms with Gasteiger partial charge in [-0.2, -0.15) is 5.26 Å². The summed E-state index contributed by atoms with van der Waals surface area (Å²) in [6.45, 7) is 1.36. The number of nitrogens with two attached hydrogens (primary N) is 1. The first-order chi connectivity index (χ1) is 9.69. The first-order valence-electron chi connectivity index (χ1n) is 6.50. The average Bonchev–Trinajstić information content (AvgIpc) is 2.84. The number of halogens is 1. The fourth-order valence-electron chi connectivity index (χ4n) is 2.70. The third-order valence-corrected chi connectivity index (χ3v) is 3.71. The number of nitrogen functional groups attached to an aromatic ring is 1. The third kappa shape index (κ3) is 2.08. The van der Waals surface area contributed by atoms with Gasteiger partial charge >= 0.3 is 0 Å². The molecule has 100 valence electrons. The highest BCUT2D eigenvalue weighted by atomic mass is 19.1. The predicted octanol–water partition coefficient (Wildman–Crippen LogP) is 2.84. The molecule has 4 heteroatoms. The number of fused-ring (bicyclic) bond motifs is 1. The van der Waals surface area contributed by atoms with E-state index in [4.69, 9.17) is 11.0 Å². The van der Waals surface area contributed by atoms with Gasteiger partial charge in [0.15, 0.2) is 0 Å². The Morgan fingerprint density at radius 1 is 1.30 bits per heavy atom. The third-order valence-electron chi connectivity index (χ3n) is 3.71. The van der Waals surface area contributed by atoms with E-state index in [1.807, 2.05) is 18.2 Å². The normalized spacial score (nSPS) is 13.1. The molecule has 1 aliphatic heterocycles. The average molecular weight is 267 g/mol. The first-order valence-corrected chi connectivity index (χ1v) is 6.50. The Kier molecular flexibility index (Phi) is 3.03. The zero-order valence-electron chi connectivity index (χ0n) is 10.9. The lowest BCUT2D eigenvalue weighted by molar-refractivity contribution is 0.624. The molecular formula is C16H14FN3. The van der Waals surface area contributed by atoms with E-state index in [1.54, 1.807) is 0 Å². The summed E-state index contributed by atoms with van der Waals surface area (Å²) in [5.41, 5.74) is 10.2. The van der Waals surface area contributed by atoms with Gasteiger partial charge in [0.1, 0.15) is 5.82 Å². The fraction of sp³-hybridized carbons (Fsp3) is 0.188. The molecule has 0 fully saturated rings. The predicted molar refractivity (Wildman–Crippen MR) is 76.7 cm³/mol. The largest absolute Gasteiger partial charge is 0.398 e. The van der Waals surface area contributed by atoms with E-state index in [-0.39, 0.29) is 5.82 Å². The molecule has 3 rings (SSSR count). The standard InChI is InChI=1S/C16H14FN3/c17-13-5-4-11(9-18)12(8-13)10-20-7-6-14-15(19)2-1-3-16(14)20/h1-5,8H,6-7,10,19H2. The van der Waals surface area contributed by atoms with Crippen molar-refractivity contribution >= 4 is 11.4 Å². The van der Waals surface area contributed by atoms with Crippen LogP contribution in [-0.2, 0) is 13.0 Å². The number of hydrogen-bond donors (Lipinski definition) is 1. The highest BCUT2D eigenvalue weighted by Gasteiger charge is 2.21. The van der Waals surface area contributed by atoms with E-state index in [1.165, 1.54) is 18.2 Å². The van der Waals surface area contributed by atoms with Gasteiger partial charge in [0.2, 0.25) is 0 Å². The SMILES string of the molecule is N#Cc1ccc(F)cc1CN1CCc2c(N)cccc21. The maximum Gasteiger partial charge on any atom is 0.123 e. The van der Waals surface area contributed by atoms with E-state index < -0.39 is 0 Å². The maximum atomic E-state index is 13.4. The molecule has 0 aromatic heterocycles. The lowest BCUT2D eigenvalue weighted by Crippen LogP contribution is -2.20. The lowest BCUT2D eigenvalue weighted by atomic mass is 10.1. The Hall–Kier alpha value is -2.54. The monoisotopic (exact) mass is 267 g/mol. The van der Waals surface area contributed by atoms with Gasteiger partial charge in [-0.05, 0) is 42.3 Å². The Bertz CT molecular complexity index is 703. The van der Waals surface area contributed by atoms with Crippen molar-refractivity contribution in [3.8, 4) is 6.07 Å². The number of anilines is 2. The van der Waals surface area contributed by atoms with Crippen molar-refractivity contribution in [2.45, 2.75) is 13.0 Å². The second-order valence-electron chi connectivity index (χ2n) is 4.93. The molecule has 20 heavy (non-hydrogen) atoms. The van der Waals surface area contributed by atoms with Gasteiger partial charge in [-0.15, -0.1) is 0 Å². The van der Waals surface area contributed by atoms with Crippen LogP contribution in [0.15, 0.2) is 36.4 Å². The molecule has 0 aliphatic carbocycles. The van der Waals surface area contributed by atoms with Crippen molar-refractivity contribution in [2.75, 3.05) is 17.2 Å². The van der Waals surface area contributed by atoms with Crippen molar-refractivity contribution in [3.63, 3.8) is 0 Å². The van der Waals surface area contributed by atoms with Crippen molar-refractivity contribution in [2.24, 2.45) is 0 Å². The molecule has 2 aromatic rings. The van der Waals surface area contributed by atoms with E-state index >= 15 is 0 Å². The molecule has 0 bridgehead atoms. The Morgan fingerprint density at radius 3 is 2.95 bits per heavy atom. The zero-order chi connectivity index (χ0) is 14.1. The highest BCUT2D eigenvalue weighted by molar-refractivity contribution is 5.68. The van der Waals surface area contributed by atoms with Crippen LogP contribution in [0.2, 0.25) is 0 Å². The van der Waals surface area contributed by atoms with Gasteiger partial charge in [-0.25, -0.2) is 4.39 Å². The van der Waals surface area contributed by atoms with Crippen molar-refractivity contribution in [1.29, 1.82) is 5.26 Å². The summed E-state index contributed by atoms with van der Waals surface area (Å²) < 4.78 is 13.4. The fourth-order valence-corrected chi connectivity index (χ4v) is 2.70. The van der Waals surface area contributed by atoms with E-state index in [2.05, 4.69) is 11.0 Å². The van der Waals surface area contributed by atoms with E-state index in [9.17, 15) is 4.39 Å². The number of rotatable bonds is 2. The van der Waals surface area contributed by atoms with Crippen LogP contribution in [-0.4, -0.2) is 6.54 Å². The van der Waals surface area contributed by atoms with Crippen LogP contribution in [0.3, 0.4) is 0 Å². The van der Waals surface area contributed by atoms with E-state index in [0.717, 1.165) is 29.9 Å². The summed E-state index contributed by atoms with van der Waals surface area (Å²) in [6, 6.07) is 12.2. The van der Waals surface area contributed by atoms with Gasteiger partial charge < -0.3 is 10.6 Å². The van der Waals surface area contributed by atoms with E-state index in [0.29, 0.717) is 17.7 Å².